The van der Waals surface area contributed by atoms with Crippen LogP contribution in [-0.4, -0.2) is 5.11 Å². The van der Waals surface area contributed by atoms with Crippen LogP contribution in [0, 0.1) is 6.92 Å². The molecule has 0 saturated carbocycles. The number of benzene rings is 1. The molecule has 0 unspecified atom stereocenters. The number of thiocarbonyl (C=S) groups is 1. The average molecular weight is 195 g/mol. The zero-order chi connectivity index (χ0) is 9.68. The van der Waals surface area contributed by atoms with Crippen molar-refractivity contribution in [3.8, 4) is 0 Å². The number of aryl methyl sites for hydroxylation is 1. The highest BCUT2D eigenvalue weighted by Gasteiger charge is 1.91. The SMILES string of the molecule is Cc1ccc(CNNC(N)=S)cc1. The van der Waals surface area contributed by atoms with Gasteiger partial charge in [0.25, 0.3) is 0 Å². The number of nitrogens with one attached hydrogen (secondary N) is 2. The highest BCUT2D eigenvalue weighted by molar-refractivity contribution is 7.80. The van der Waals surface area contributed by atoms with Gasteiger partial charge < -0.3 is 5.73 Å². The highest BCUT2D eigenvalue weighted by Crippen LogP contribution is 2.01. The van der Waals surface area contributed by atoms with Gasteiger partial charge in [0.05, 0.1) is 0 Å². The van der Waals surface area contributed by atoms with E-state index in [0.717, 1.165) is 0 Å². The average Bonchev–Trinajstić information content (AvgIpc) is 2.08. The van der Waals surface area contributed by atoms with Crippen LogP contribution < -0.4 is 16.6 Å². The van der Waals surface area contributed by atoms with Gasteiger partial charge in [-0.2, -0.15) is 0 Å². The molecule has 0 radical (unpaired) electrons. The standard InChI is InChI=1S/C9H13N3S/c1-7-2-4-8(5-3-7)6-11-12-9(10)13/h2-5,11H,6H2,1H3,(H3,10,12,13). The maximum atomic E-state index is 5.24. The van der Waals surface area contributed by atoms with Gasteiger partial charge in [-0.15, -0.1) is 0 Å². The molecule has 4 N–H and O–H groups in total. The monoisotopic (exact) mass is 195 g/mol. The van der Waals surface area contributed by atoms with Crippen LogP contribution in [0.4, 0.5) is 0 Å². The van der Waals surface area contributed by atoms with Crippen LogP contribution in [0.1, 0.15) is 11.1 Å². The molecule has 1 aromatic carbocycles. The van der Waals surface area contributed by atoms with Gasteiger partial charge in [-0.25, -0.2) is 5.43 Å². The minimum absolute atomic E-state index is 0.257. The third-order valence-corrected chi connectivity index (χ3v) is 1.73. The fourth-order valence-corrected chi connectivity index (χ4v) is 1.01. The fraction of sp³-hybridized carbons (Fsp3) is 0.222. The molecule has 0 aliphatic heterocycles. The third-order valence-electron chi connectivity index (χ3n) is 1.62. The molecule has 0 heterocycles. The molecule has 0 aliphatic rings. The molecule has 3 nitrogen and oxygen atoms in total. The predicted molar refractivity (Wildman–Crippen MR) is 57.9 cm³/mol. The van der Waals surface area contributed by atoms with Gasteiger partial charge in [-0.3, -0.25) is 5.43 Å². The van der Waals surface area contributed by atoms with Gasteiger partial charge >= 0.3 is 0 Å². The molecule has 70 valence electrons. The minimum atomic E-state index is 0.257. The molecule has 1 aromatic rings. The number of nitrogens with two attached hydrogens (primary N) is 1. The second-order valence-corrected chi connectivity index (χ2v) is 3.27. The Hall–Kier alpha value is -1.13. The lowest BCUT2D eigenvalue weighted by atomic mass is 10.1. The van der Waals surface area contributed by atoms with E-state index in [2.05, 4.69) is 54.3 Å². The van der Waals surface area contributed by atoms with E-state index in [-0.39, 0.29) is 5.11 Å². The Morgan fingerprint density at radius 2 is 2.00 bits per heavy atom. The molecule has 0 fully saturated rings. The third kappa shape index (κ3) is 3.87. The van der Waals surface area contributed by atoms with Crippen LogP contribution in [0.15, 0.2) is 24.3 Å². The van der Waals surface area contributed by atoms with E-state index in [9.17, 15) is 0 Å². The second-order valence-electron chi connectivity index (χ2n) is 2.83. The van der Waals surface area contributed by atoms with Crippen molar-refractivity contribution in [2.45, 2.75) is 13.5 Å². The number of rotatable bonds is 3. The summed E-state index contributed by atoms with van der Waals surface area (Å²) in [7, 11) is 0. The lowest BCUT2D eigenvalue weighted by Crippen LogP contribution is -2.40. The van der Waals surface area contributed by atoms with Crippen molar-refractivity contribution in [1.82, 2.24) is 10.9 Å². The zero-order valence-electron chi connectivity index (χ0n) is 7.50. The van der Waals surface area contributed by atoms with E-state index >= 15 is 0 Å². The molecule has 13 heavy (non-hydrogen) atoms. The van der Waals surface area contributed by atoms with Gasteiger partial charge in [0.2, 0.25) is 0 Å². The Bertz CT molecular complexity index is 281. The number of hydrogen-bond donors (Lipinski definition) is 3. The summed E-state index contributed by atoms with van der Waals surface area (Å²) in [5.74, 6) is 0. The Morgan fingerprint density at radius 3 is 2.54 bits per heavy atom. The molecule has 1 rings (SSSR count). The van der Waals surface area contributed by atoms with Crippen molar-refractivity contribution in [1.29, 1.82) is 0 Å². The Balaban J connectivity index is 2.37. The molecular weight excluding hydrogens is 182 g/mol. The maximum absolute atomic E-state index is 5.24. The smallest absolute Gasteiger partial charge is 0.178 e. The first-order chi connectivity index (χ1) is 6.18. The summed E-state index contributed by atoms with van der Waals surface area (Å²) in [5, 5.41) is 0.257. The highest BCUT2D eigenvalue weighted by atomic mass is 32.1. The topological polar surface area (TPSA) is 50.1 Å². The summed E-state index contributed by atoms with van der Waals surface area (Å²) < 4.78 is 0. The Labute approximate surface area is 83.3 Å². The van der Waals surface area contributed by atoms with Crippen LogP contribution >= 0.6 is 12.2 Å². The van der Waals surface area contributed by atoms with Crippen LogP contribution in [0.3, 0.4) is 0 Å². The summed E-state index contributed by atoms with van der Waals surface area (Å²) >= 11 is 4.64. The van der Waals surface area contributed by atoms with Gasteiger partial charge in [-0.05, 0) is 24.7 Å². The molecule has 0 atom stereocenters. The normalized spacial score (nSPS) is 9.62. The van der Waals surface area contributed by atoms with Crippen molar-refractivity contribution >= 4 is 17.3 Å². The zero-order valence-corrected chi connectivity index (χ0v) is 8.32. The first-order valence-corrected chi connectivity index (χ1v) is 4.43. The largest absolute Gasteiger partial charge is 0.375 e. The van der Waals surface area contributed by atoms with Gasteiger partial charge in [0.1, 0.15) is 0 Å². The quantitative estimate of drug-likeness (QED) is 0.494. The molecular formula is C9H13N3S. The Kier molecular flexibility index (Phi) is 3.67. The molecule has 4 heteroatoms. The van der Waals surface area contributed by atoms with E-state index in [1.807, 2.05) is 0 Å². The lowest BCUT2D eigenvalue weighted by molar-refractivity contribution is 0.655. The van der Waals surface area contributed by atoms with E-state index < -0.39 is 0 Å². The van der Waals surface area contributed by atoms with Crippen molar-refractivity contribution in [3.63, 3.8) is 0 Å². The molecule has 0 saturated heterocycles. The van der Waals surface area contributed by atoms with Crippen LogP contribution in [-0.2, 0) is 6.54 Å². The summed E-state index contributed by atoms with van der Waals surface area (Å²) in [6.07, 6.45) is 0. The minimum Gasteiger partial charge on any atom is -0.375 e. The van der Waals surface area contributed by atoms with Crippen LogP contribution in [0.25, 0.3) is 0 Å². The van der Waals surface area contributed by atoms with Crippen LogP contribution in [0.5, 0.6) is 0 Å². The van der Waals surface area contributed by atoms with Gasteiger partial charge in [0.15, 0.2) is 5.11 Å². The summed E-state index contributed by atoms with van der Waals surface area (Å²) in [5.41, 5.74) is 13.3. The summed E-state index contributed by atoms with van der Waals surface area (Å²) in [6.45, 7) is 2.77. The first-order valence-electron chi connectivity index (χ1n) is 4.02. The first kappa shape index (κ1) is 9.95. The molecule has 0 amide bonds. The van der Waals surface area contributed by atoms with Gasteiger partial charge in [-0.1, -0.05) is 29.8 Å². The molecule has 0 bridgehead atoms. The lowest BCUT2D eigenvalue weighted by Gasteiger charge is -2.05. The number of hydrogen-bond acceptors (Lipinski definition) is 2. The van der Waals surface area contributed by atoms with Gasteiger partial charge in [0, 0.05) is 6.54 Å². The summed E-state index contributed by atoms with van der Waals surface area (Å²) in [4.78, 5) is 0. The Morgan fingerprint density at radius 1 is 1.38 bits per heavy atom. The van der Waals surface area contributed by atoms with Crippen molar-refractivity contribution in [2.24, 2.45) is 5.73 Å². The van der Waals surface area contributed by atoms with E-state index in [4.69, 9.17) is 5.73 Å². The van der Waals surface area contributed by atoms with Crippen LogP contribution in [0.2, 0.25) is 0 Å². The molecule has 0 aliphatic carbocycles. The van der Waals surface area contributed by atoms with Crippen molar-refractivity contribution in [2.75, 3.05) is 0 Å². The maximum Gasteiger partial charge on any atom is 0.178 e. The van der Waals surface area contributed by atoms with Crippen molar-refractivity contribution < 1.29 is 0 Å². The number of hydrazine groups is 1. The van der Waals surface area contributed by atoms with E-state index in [0.29, 0.717) is 6.54 Å². The molecule has 0 spiro atoms. The molecule has 0 aromatic heterocycles. The van der Waals surface area contributed by atoms with Crippen molar-refractivity contribution in [3.05, 3.63) is 35.4 Å². The van der Waals surface area contributed by atoms with E-state index in [1.165, 1.54) is 11.1 Å². The predicted octanol–water partition coefficient (Wildman–Crippen LogP) is 0.833. The summed E-state index contributed by atoms with van der Waals surface area (Å²) in [6, 6.07) is 8.25. The second kappa shape index (κ2) is 4.79. The van der Waals surface area contributed by atoms with E-state index in [1.54, 1.807) is 0 Å². The fourth-order valence-electron chi connectivity index (χ4n) is 0.939.